The van der Waals surface area contributed by atoms with Crippen LogP contribution in [-0.2, 0) is 7.05 Å². The number of nitrogens with two attached hydrogens (primary N) is 1. The molecule has 0 aliphatic rings. The molecule has 0 aliphatic carbocycles. The number of rotatable bonds is 6. The van der Waals surface area contributed by atoms with E-state index in [4.69, 9.17) is 5.73 Å². The Morgan fingerprint density at radius 2 is 1.89 bits per heavy atom. The average Bonchev–Trinajstić information content (AvgIpc) is 2.72. The summed E-state index contributed by atoms with van der Waals surface area (Å²) < 4.78 is 2.25. The molecule has 0 aliphatic heterocycles. The van der Waals surface area contributed by atoms with Crippen LogP contribution in [0.2, 0.25) is 0 Å². The average molecular weight is 258 g/mol. The summed E-state index contributed by atoms with van der Waals surface area (Å²) in [5.74, 6) is 1.31. The molecule has 2 rings (SSSR count). The van der Waals surface area contributed by atoms with Gasteiger partial charge in [0.2, 0.25) is 0 Å². The number of hydrogen-bond donors (Lipinski definition) is 1. The number of para-hydroxylation sites is 1. The van der Waals surface area contributed by atoms with Crippen molar-refractivity contribution in [2.45, 2.75) is 39.0 Å². The van der Waals surface area contributed by atoms with Crippen LogP contribution >= 0.6 is 0 Å². The van der Waals surface area contributed by atoms with Crippen molar-refractivity contribution in [3.63, 3.8) is 0 Å². The van der Waals surface area contributed by atoms with Crippen molar-refractivity contribution in [3.8, 4) is 0 Å². The minimum atomic E-state index is 0.637. The van der Waals surface area contributed by atoms with E-state index < -0.39 is 0 Å². The summed E-state index contributed by atoms with van der Waals surface area (Å²) >= 11 is 0. The molecule has 0 saturated heterocycles. The number of nitrogens with zero attached hydrogens (tertiary/aromatic N) is 1. The molecule has 1 aromatic heterocycles. The van der Waals surface area contributed by atoms with Crippen LogP contribution in [-0.4, -0.2) is 11.1 Å². The quantitative estimate of drug-likeness (QED) is 0.779. The number of unbranched alkanes of at least 4 members (excludes halogenated alkanes) is 1. The lowest BCUT2D eigenvalue weighted by Crippen LogP contribution is -2.08. The van der Waals surface area contributed by atoms with Crippen molar-refractivity contribution in [2.24, 2.45) is 18.7 Å². The molecule has 0 amide bonds. The van der Waals surface area contributed by atoms with E-state index in [1.807, 2.05) is 0 Å². The van der Waals surface area contributed by atoms with Crippen molar-refractivity contribution in [2.75, 3.05) is 6.54 Å². The molecule has 2 heteroatoms. The molecule has 104 valence electrons. The largest absolute Gasteiger partial charge is 0.350 e. The Labute approximate surface area is 116 Å². The monoisotopic (exact) mass is 258 g/mol. The lowest BCUT2D eigenvalue weighted by molar-refractivity contribution is 0.452. The number of aromatic nitrogens is 1. The Morgan fingerprint density at radius 3 is 2.58 bits per heavy atom. The highest BCUT2D eigenvalue weighted by Crippen LogP contribution is 2.35. The lowest BCUT2D eigenvalue weighted by atomic mass is 9.84. The molecule has 0 bridgehead atoms. The molecule has 1 atom stereocenters. The topological polar surface area (TPSA) is 30.9 Å². The van der Waals surface area contributed by atoms with Crippen molar-refractivity contribution in [1.82, 2.24) is 4.57 Å². The van der Waals surface area contributed by atoms with Gasteiger partial charge >= 0.3 is 0 Å². The van der Waals surface area contributed by atoms with Crippen LogP contribution in [0.1, 0.15) is 44.6 Å². The van der Waals surface area contributed by atoms with Gasteiger partial charge in [0.25, 0.3) is 0 Å². The van der Waals surface area contributed by atoms with E-state index in [0.717, 1.165) is 13.0 Å². The molecule has 2 nitrogen and oxygen atoms in total. The second-order valence-corrected chi connectivity index (χ2v) is 5.85. The maximum Gasteiger partial charge on any atom is 0.0480 e. The molecule has 1 heterocycles. The smallest absolute Gasteiger partial charge is 0.0480 e. The number of aryl methyl sites for hydroxylation is 1. The first kappa shape index (κ1) is 14.1. The Hall–Kier alpha value is -1.28. The molecule has 0 saturated carbocycles. The molecular weight excluding hydrogens is 232 g/mol. The van der Waals surface area contributed by atoms with Gasteiger partial charge in [0.05, 0.1) is 0 Å². The van der Waals surface area contributed by atoms with E-state index >= 15 is 0 Å². The summed E-state index contributed by atoms with van der Waals surface area (Å²) in [7, 11) is 2.14. The summed E-state index contributed by atoms with van der Waals surface area (Å²) in [6.45, 7) is 5.46. The maximum absolute atomic E-state index is 5.62. The van der Waals surface area contributed by atoms with Crippen molar-refractivity contribution in [1.29, 1.82) is 0 Å². The zero-order valence-corrected chi connectivity index (χ0v) is 12.4. The minimum Gasteiger partial charge on any atom is -0.350 e. The van der Waals surface area contributed by atoms with E-state index in [2.05, 4.69) is 55.9 Å². The highest BCUT2D eigenvalue weighted by atomic mass is 14.9. The van der Waals surface area contributed by atoms with Gasteiger partial charge in [-0.25, -0.2) is 0 Å². The van der Waals surface area contributed by atoms with Crippen LogP contribution < -0.4 is 5.73 Å². The molecule has 1 unspecified atom stereocenters. The predicted octanol–water partition coefficient (Wildman–Crippen LogP) is 4.05. The standard InChI is InChI=1S/C17H26N2/c1-13(2)14(8-6-7-11-18)16-12-19(3)17-10-5-4-9-15(16)17/h4-5,9-10,12-14H,6-8,11,18H2,1-3H3. The Morgan fingerprint density at radius 1 is 1.16 bits per heavy atom. The summed E-state index contributed by atoms with van der Waals surface area (Å²) in [6, 6.07) is 8.72. The normalized spacial score (nSPS) is 13.3. The number of hydrogen-bond acceptors (Lipinski definition) is 1. The Bertz CT molecular complexity index is 525. The highest BCUT2D eigenvalue weighted by molar-refractivity contribution is 5.84. The number of fused-ring (bicyclic) bond motifs is 1. The summed E-state index contributed by atoms with van der Waals surface area (Å²) in [5, 5.41) is 1.41. The minimum absolute atomic E-state index is 0.637. The molecule has 1 aromatic carbocycles. The predicted molar refractivity (Wildman–Crippen MR) is 83.4 cm³/mol. The molecule has 0 spiro atoms. The third-order valence-corrected chi connectivity index (χ3v) is 4.10. The van der Waals surface area contributed by atoms with Gasteiger partial charge in [-0.2, -0.15) is 0 Å². The lowest BCUT2D eigenvalue weighted by Gasteiger charge is -2.20. The van der Waals surface area contributed by atoms with Gasteiger partial charge in [0.1, 0.15) is 0 Å². The highest BCUT2D eigenvalue weighted by Gasteiger charge is 2.19. The summed E-state index contributed by atoms with van der Waals surface area (Å²) in [6.07, 6.45) is 5.91. The first-order valence-electron chi connectivity index (χ1n) is 7.39. The van der Waals surface area contributed by atoms with Gasteiger partial charge in [0.15, 0.2) is 0 Å². The first-order valence-corrected chi connectivity index (χ1v) is 7.39. The van der Waals surface area contributed by atoms with Gasteiger partial charge in [-0.3, -0.25) is 0 Å². The molecule has 2 N–H and O–H groups in total. The van der Waals surface area contributed by atoms with Crippen LogP contribution in [0.5, 0.6) is 0 Å². The summed E-state index contributed by atoms with van der Waals surface area (Å²) in [5.41, 5.74) is 8.46. The summed E-state index contributed by atoms with van der Waals surface area (Å²) in [4.78, 5) is 0. The third kappa shape index (κ3) is 3.01. The zero-order valence-electron chi connectivity index (χ0n) is 12.4. The van der Waals surface area contributed by atoms with Crippen molar-refractivity contribution < 1.29 is 0 Å². The van der Waals surface area contributed by atoms with E-state index in [1.54, 1.807) is 0 Å². The van der Waals surface area contributed by atoms with Crippen LogP contribution in [0.15, 0.2) is 30.5 Å². The maximum atomic E-state index is 5.62. The molecule has 0 fully saturated rings. The van der Waals surface area contributed by atoms with E-state index in [0.29, 0.717) is 11.8 Å². The van der Waals surface area contributed by atoms with Gasteiger partial charge in [-0.15, -0.1) is 0 Å². The molecule has 0 radical (unpaired) electrons. The van der Waals surface area contributed by atoms with Gasteiger partial charge in [-0.1, -0.05) is 38.5 Å². The number of benzene rings is 1. The van der Waals surface area contributed by atoms with E-state index in [1.165, 1.54) is 29.3 Å². The van der Waals surface area contributed by atoms with Crippen LogP contribution in [0.4, 0.5) is 0 Å². The second kappa shape index (κ2) is 6.25. The van der Waals surface area contributed by atoms with Crippen molar-refractivity contribution in [3.05, 3.63) is 36.0 Å². The Kier molecular flexibility index (Phi) is 4.65. The van der Waals surface area contributed by atoms with Gasteiger partial charge in [-0.05, 0) is 42.9 Å². The fraction of sp³-hybridized carbons (Fsp3) is 0.529. The first-order chi connectivity index (χ1) is 9.15. The van der Waals surface area contributed by atoms with Gasteiger partial charge < -0.3 is 10.3 Å². The van der Waals surface area contributed by atoms with E-state index in [-0.39, 0.29) is 0 Å². The molecule has 19 heavy (non-hydrogen) atoms. The fourth-order valence-electron chi connectivity index (χ4n) is 3.03. The van der Waals surface area contributed by atoms with Crippen LogP contribution in [0.3, 0.4) is 0 Å². The Balaban J connectivity index is 2.33. The fourth-order valence-corrected chi connectivity index (χ4v) is 3.03. The van der Waals surface area contributed by atoms with Crippen molar-refractivity contribution >= 4 is 10.9 Å². The second-order valence-electron chi connectivity index (χ2n) is 5.85. The molecule has 2 aromatic rings. The SMILES string of the molecule is CC(C)C(CCCCN)c1cn(C)c2ccccc12. The third-order valence-electron chi connectivity index (χ3n) is 4.10. The molecular formula is C17H26N2. The van der Waals surface area contributed by atoms with Crippen LogP contribution in [0.25, 0.3) is 10.9 Å². The van der Waals surface area contributed by atoms with E-state index in [9.17, 15) is 0 Å². The zero-order chi connectivity index (χ0) is 13.8. The van der Waals surface area contributed by atoms with Crippen LogP contribution in [0, 0.1) is 5.92 Å². The van der Waals surface area contributed by atoms with Gasteiger partial charge in [0, 0.05) is 24.1 Å².